The number of hydrogen-bond donors (Lipinski definition) is 3. The van der Waals surface area contributed by atoms with E-state index in [1.165, 1.54) is 0 Å². The van der Waals surface area contributed by atoms with Gasteiger partial charge in [-0.25, -0.2) is 0 Å². The number of hydrogen-bond acceptors (Lipinski definition) is 6. The summed E-state index contributed by atoms with van der Waals surface area (Å²) in [6, 6.07) is 0. The summed E-state index contributed by atoms with van der Waals surface area (Å²) < 4.78 is 5.32. The first-order valence-electron chi connectivity index (χ1n) is 7.51. The summed E-state index contributed by atoms with van der Waals surface area (Å²) in [7, 11) is 0. The van der Waals surface area contributed by atoms with Crippen LogP contribution in [0.2, 0.25) is 0 Å². The Morgan fingerprint density at radius 2 is 1.68 bits per heavy atom. The zero-order valence-corrected chi connectivity index (χ0v) is 11.8. The van der Waals surface area contributed by atoms with Gasteiger partial charge >= 0.3 is 0 Å². The summed E-state index contributed by atoms with van der Waals surface area (Å²) in [5, 5.41) is 9.57. The number of morpholine rings is 1. The summed E-state index contributed by atoms with van der Waals surface area (Å²) in [6.07, 6.45) is 1.95. The Morgan fingerprint density at radius 3 is 2.37 bits per heavy atom. The van der Waals surface area contributed by atoms with Gasteiger partial charge in [0.15, 0.2) is 0 Å². The van der Waals surface area contributed by atoms with Crippen molar-refractivity contribution in [3.05, 3.63) is 0 Å². The second kappa shape index (κ2) is 8.84. The highest BCUT2D eigenvalue weighted by Gasteiger charge is 2.16. The third kappa shape index (κ3) is 6.16. The van der Waals surface area contributed by atoms with E-state index >= 15 is 0 Å². The maximum atomic E-state index is 9.57. The average molecular weight is 272 g/mol. The molecule has 2 rings (SSSR count). The molecule has 1 atom stereocenters. The predicted octanol–water partition coefficient (Wildman–Crippen LogP) is -1.13. The van der Waals surface area contributed by atoms with E-state index in [1.54, 1.807) is 0 Å². The van der Waals surface area contributed by atoms with Crippen LogP contribution in [0.25, 0.3) is 0 Å². The van der Waals surface area contributed by atoms with Crippen molar-refractivity contribution in [3.8, 4) is 0 Å². The van der Waals surface area contributed by atoms with Gasteiger partial charge in [-0.3, -0.25) is 20.7 Å². The number of nitrogens with zero attached hydrogens (tertiary/aromatic N) is 2. The number of piperidine rings is 1. The lowest BCUT2D eigenvalue weighted by Gasteiger charge is -2.30. The van der Waals surface area contributed by atoms with Crippen LogP contribution in [0.5, 0.6) is 0 Å². The van der Waals surface area contributed by atoms with Crippen molar-refractivity contribution in [2.45, 2.75) is 18.9 Å². The molecule has 2 heterocycles. The molecule has 2 aliphatic rings. The highest BCUT2D eigenvalue weighted by atomic mass is 16.5. The molecule has 0 aromatic rings. The van der Waals surface area contributed by atoms with Gasteiger partial charge in [-0.1, -0.05) is 0 Å². The molecule has 2 fully saturated rings. The van der Waals surface area contributed by atoms with E-state index < -0.39 is 0 Å². The maximum Gasteiger partial charge on any atom is 0.0667 e. The van der Waals surface area contributed by atoms with Crippen molar-refractivity contribution in [2.24, 2.45) is 0 Å². The van der Waals surface area contributed by atoms with Gasteiger partial charge in [0, 0.05) is 45.8 Å². The molecule has 0 saturated carbocycles. The number of likely N-dealkylation sites (tertiary alicyclic amines) is 1. The Bertz CT molecular complexity index is 237. The average Bonchev–Trinajstić information content (AvgIpc) is 2.44. The molecule has 6 heteroatoms. The van der Waals surface area contributed by atoms with Gasteiger partial charge < -0.3 is 9.84 Å². The second-order valence-corrected chi connectivity index (χ2v) is 5.40. The molecular formula is C13H28N4O2. The first-order valence-corrected chi connectivity index (χ1v) is 7.51. The zero-order valence-electron chi connectivity index (χ0n) is 11.8. The van der Waals surface area contributed by atoms with E-state index in [1.807, 2.05) is 0 Å². The fourth-order valence-electron chi connectivity index (χ4n) is 2.66. The van der Waals surface area contributed by atoms with Crippen molar-refractivity contribution < 1.29 is 9.84 Å². The van der Waals surface area contributed by atoms with Crippen molar-refractivity contribution in [1.29, 1.82) is 0 Å². The van der Waals surface area contributed by atoms with Crippen molar-refractivity contribution in [1.82, 2.24) is 20.7 Å². The standard InChI is InChI=1S/C13H28N4O2/c18-13-2-1-5-17(12-13)7-4-15-14-3-6-16-8-10-19-11-9-16/h13-15,18H,1-12H2. The molecule has 0 aromatic carbocycles. The first-order chi connectivity index (χ1) is 9.34. The molecule has 3 N–H and O–H groups in total. The van der Waals surface area contributed by atoms with Crippen LogP contribution >= 0.6 is 0 Å². The Hall–Kier alpha value is -0.240. The Balaban J connectivity index is 1.41. The summed E-state index contributed by atoms with van der Waals surface area (Å²) in [5.74, 6) is 0. The lowest BCUT2D eigenvalue weighted by atomic mass is 10.1. The van der Waals surface area contributed by atoms with Gasteiger partial charge in [-0.05, 0) is 19.4 Å². The molecule has 0 bridgehead atoms. The highest BCUT2D eigenvalue weighted by Crippen LogP contribution is 2.08. The molecule has 0 aromatic heterocycles. The molecule has 0 amide bonds. The van der Waals surface area contributed by atoms with E-state index in [-0.39, 0.29) is 6.10 Å². The van der Waals surface area contributed by atoms with Crippen LogP contribution in [0.3, 0.4) is 0 Å². The van der Waals surface area contributed by atoms with Gasteiger partial charge in [0.05, 0.1) is 19.3 Å². The minimum Gasteiger partial charge on any atom is -0.392 e. The number of aliphatic hydroxyl groups is 1. The summed E-state index contributed by atoms with van der Waals surface area (Å²) in [5.41, 5.74) is 6.52. The summed E-state index contributed by atoms with van der Waals surface area (Å²) >= 11 is 0. The summed E-state index contributed by atoms with van der Waals surface area (Å²) in [4.78, 5) is 4.74. The molecule has 2 saturated heterocycles. The predicted molar refractivity (Wildman–Crippen MR) is 74.9 cm³/mol. The summed E-state index contributed by atoms with van der Waals surface area (Å²) in [6.45, 7) is 9.73. The molecule has 1 unspecified atom stereocenters. The zero-order chi connectivity index (χ0) is 13.3. The van der Waals surface area contributed by atoms with Gasteiger partial charge in [0.2, 0.25) is 0 Å². The van der Waals surface area contributed by atoms with Crippen LogP contribution in [-0.4, -0.2) is 86.6 Å². The maximum absolute atomic E-state index is 9.57. The first kappa shape index (κ1) is 15.2. The van der Waals surface area contributed by atoms with Gasteiger partial charge in [-0.2, -0.15) is 0 Å². The molecule has 19 heavy (non-hydrogen) atoms. The Kier molecular flexibility index (Phi) is 7.05. The van der Waals surface area contributed by atoms with E-state index in [4.69, 9.17) is 4.74 Å². The third-order valence-electron chi connectivity index (χ3n) is 3.82. The third-order valence-corrected chi connectivity index (χ3v) is 3.82. The van der Waals surface area contributed by atoms with Crippen LogP contribution in [0.1, 0.15) is 12.8 Å². The van der Waals surface area contributed by atoms with Gasteiger partial charge in [0.1, 0.15) is 0 Å². The monoisotopic (exact) mass is 272 g/mol. The minimum absolute atomic E-state index is 0.122. The topological polar surface area (TPSA) is 60.0 Å². The number of β-amino-alcohol motifs (C(OH)–C–C–N with tert-alkyl or cyclic N) is 1. The molecule has 0 radical (unpaired) electrons. The molecule has 0 spiro atoms. The van der Waals surface area contributed by atoms with Crippen molar-refractivity contribution in [2.75, 3.05) is 65.6 Å². The van der Waals surface area contributed by atoms with Crippen LogP contribution in [0.15, 0.2) is 0 Å². The smallest absolute Gasteiger partial charge is 0.0667 e. The highest BCUT2D eigenvalue weighted by molar-refractivity contribution is 4.71. The number of ether oxygens (including phenoxy) is 1. The number of rotatable bonds is 7. The van der Waals surface area contributed by atoms with Crippen LogP contribution in [0.4, 0.5) is 0 Å². The van der Waals surface area contributed by atoms with E-state index in [0.29, 0.717) is 0 Å². The quantitative estimate of drug-likeness (QED) is 0.403. The van der Waals surface area contributed by atoms with Crippen molar-refractivity contribution in [3.63, 3.8) is 0 Å². The number of hydrazine groups is 1. The lowest BCUT2D eigenvalue weighted by Crippen LogP contribution is -2.46. The Morgan fingerprint density at radius 1 is 1.00 bits per heavy atom. The van der Waals surface area contributed by atoms with E-state index in [0.717, 1.165) is 78.4 Å². The molecule has 112 valence electrons. The lowest BCUT2D eigenvalue weighted by molar-refractivity contribution is 0.0379. The van der Waals surface area contributed by atoms with Crippen molar-refractivity contribution >= 4 is 0 Å². The van der Waals surface area contributed by atoms with Crippen LogP contribution < -0.4 is 10.9 Å². The van der Waals surface area contributed by atoms with E-state index in [2.05, 4.69) is 20.7 Å². The largest absolute Gasteiger partial charge is 0.392 e. The second-order valence-electron chi connectivity index (χ2n) is 5.40. The fourth-order valence-corrected chi connectivity index (χ4v) is 2.66. The normalized spacial score (nSPS) is 26.7. The number of aliphatic hydroxyl groups excluding tert-OH is 1. The molecule has 6 nitrogen and oxygen atoms in total. The molecule has 2 aliphatic heterocycles. The van der Waals surface area contributed by atoms with Gasteiger partial charge in [0.25, 0.3) is 0 Å². The Labute approximate surface area is 116 Å². The van der Waals surface area contributed by atoms with Crippen LogP contribution in [0, 0.1) is 0 Å². The minimum atomic E-state index is -0.122. The SMILES string of the molecule is OC1CCCN(CCNNCCN2CCOCC2)C1. The molecular weight excluding hydrogens is 244 g/mol. The molecule has 0 aliphatic carbocycles. The van der Waals surface area contributed by atoms with Gasteiger partial charge in [-0.15, -0.1) is 0 Å². The fraction of sp³-hybridized carbons (Fsp3) is 1.00. The number of nitrogens with one attached hydrogen (secondary N) is 2. The van der Waals surface area contributed by atoms with Crippen LogP contribution in [-0.2, 0) is 4.74 Å². The van der Waals surface area contributed by atoms with E-state index in [9.17, 15) is 5.11 Å².